The summed E-state index contributed by atoms with van der Waals surface area (Å²) in [5, 5.41) is 9.22. The van der Waals surface area contributed by atoms with E-state index in [-0.39, 0.29) is 29.6 Å². The van der Waals surface area contributed by atoms with Gasteiger partial charge >= 0.3 is 0 Å². The normalized spacial score (nSPS) is 15.5. The molecule has 0 aromatic heterocycles. The Morgan fingerprint density at radius 3 is 1.87 bits per heavy atom. The van der Waals surface area contributed by atoms with E-state index in [2.05, 4.69) is 10.9 Å². The number of rotatable bonds is 22. The van der Waals surface area contributed by atoms with Crippen molar-refractivity contribution in [1.82, 2.24) is 10.9 Å². The fraction of sp³-hybridized carbons (Fsp3) is 0.200. The lowest BCUT2D eigenvalue weighted by atomic mass is 9.84. The van der Waals surface area contributed by atoms with Gasteiger partial charge in [-0.25, -0.2) is 18.8 Å². The molecular weight excluding hydrogens is 863 g/mol. The van der Waals surface area contributed by atoms with E-state index in [1.807, 2.05) is 133 Å². The first-order valence-electron chi connectivity index (χ1n) is 22.3. The van der Waals surface area contributed by atoms with Crippen molar-refractivity contribution in [3.8, 4) is 28.4 Å². The number of nitrogens with zero attached hydrogens (tertiary/aromatic N) is 1. The fourth-order valence-electron chi connectivity index (χ4n) is 7.76. The number of hydrogen-bond acceptors (Lipinski definition) is 10. The number of aliphatic hydroxyl groups is 1. The maximum atomic E-state index is 15.0. The smallest absolute Gasteiger partial charge is 0.266 e. The minimum absolute atomic E-state index is 0.0125. The Balaban J connectivity index is 1.06. The summed E-state index contributed by atoms with van der Waals surface area (Å²) in [4.78, 5) is 20.2. The van der Waals surface area contributed by atoms with Crippen LogP contribution in [0.4, 0.5) is 0 Å². The molecule has 7 aromatic rings. The van der Waals surface area contributed by atoms with Crippen molar-refractivity contribution in [1.29, 1.82) is 0 Å². The monoisotopic (exact) mass is 915 g/mol. The third-order valence-electron chi connectivity index (χ3n) is 11.4. The highest BCUT2D eigenvalue weighted by Crippen LogP contribution is 2.43. The van der Waals surface area contributed by atoms with Gasteiger partial charge < -0.3 is 24.1 Å². The van der Waals surface area contributed by atoms with Crippen LogP contribution in [0.2, 0.25) is 0 Å². The van der Waals surface area contributed by atoms with Gasteiger partial charge in [0.05, 0.1) is 17.3 Å². The van der Waals surface area contributed by atoms with Gasteiger partial charge in [-0.05, 0) is 88.3 Å². The van der Waals surface area contributed by atoms with Gasteiger partial charge in [0.15, 0.2) is 33.0 Å². The topological polar surface area (TPSA) is 145 Å². The average molecular weight is 916 g/mol. The van der Waals surface area contributed by atoms with Crippen molar-refractivity contribution >= 4 is 21.6 Å². The molecule has 67 heavy (non-hydrogen) atoms. The summed E-state index contributed by atoms with van der Waals surface area (Å²) in [5.41, 5.74) is 10.5. The lowest BCUT2D eigenvalue weighted by Gasteiger charge is -2.30. The van der Waals surface area contributed by atoms with Crippen LogP contribution < -0.4 is 25.1 Å². The summed E-state index contributed by atoms with van der Waals surface area (Å²) in [6.07, 6.45) is -0.214. The van der Waals surface area contributed by atoms with Crippen molar-refractivity contribution in [2.75, 3.05) is 25.5 Å². The standard InChI is InChI=1S/C55H53N3O8S/c59-35-13-36-63-48-29-27-47(28-30-48)53-57-55(33-37-67(61,62)49-20-11-4-12-21-49,52(66-53)46-25-23-45(24-26-46)44-18-9-3-10-19-44)54(60)58-56-34-32-41-22-31-50(64-39-42-14-5-1-6-15-42)51(38-41)65-40-43-16-7-2-8-17-43/h1-12,14-31,38,52,56,59H,13,32-37,39-40H2,(H,58,60)/t52-,55-/m0/s1. The molecule has 1 amide bonds. The summed E-state index contributed by atoms with van der Waals surface area (Å²) in [5.74, 6) is 1.04. The Labute approximate surface area is 392 Å². The van der Waals surface area contributed by atoms with Crippen molar-refractivity contribution in [2.24, 2.45) is 4.99 Å². The number of aliphatic imine (C=N–C) groups is 1. The van der Waals surface area contributed by atoms with Crippen LogP contribution >= 0.6 is 0 Å². The van der Waals surface area contributed by atoms with Gasteiger partial charge in [-0.3, -0.25) is 10.2 Å². The van der Waals surface area contributed by atoms with E-state index >= 15 is 0 Å². The quantitative estimate of drug-likeness (QED) is 0.0448. The minimum Gasteiger partial charge on any atom is -0.494 e. The van der Waals surface area contributed by atoms with E-state index in [4.69, 9.17) is 23.9 Å². The van der Waals surface area contributed by atoms with Gasteiger partial charge in [-0.1, -0.05) is 140 Å². The molecule has 7 aromatic carbocycles. The Morgan fingerprint density at radius 1 is 0.642 bits per heavy atom. The van der Waals surface area contributed by atoms with E-state index < -0.39 is 27.4 Å². The maximum absolute atomic E-state index is 15.0. The molecule has 0 fully saturated rings. The first-order chi connectivity index (χ1) is 32.8. The van der Waals surface area contributed by atoms with E-state index in [0.29, 0.717) is 67.6 Å². The van der Waals surface area contributed by atoms with Crippen LogP contribution in [0.1, 0.15) is 46.8 Å². The van der Waals surface area contributed by atoms with Crippen LogP contribution in [0.25, 0.3) is 11.1 Å². The molecular formula is C55H53N3O8S. The second-order valence-electron chi connectivity index (χ2n) is 16.1. The zero-order chi connectivity index (χ0) is 46.3. The van der Waals surface area contributed by atoms with Crippen LogP contribution in [0.5, 0.6) is 17.2 Å². The number of nitrogens with one attached hydrogen (secondary N) is 2. The largest absolute Gasteiger partial charge is 0.494 e. The van der Waals surface area contributed by atoms with Crippen molar-refractivity contribution in [3.63, 3.8) is 0 Å². The SMILES string of the molecule is O=C(NNCCc1ccc(OCc2ccccc2)c(OCc2ccccc2)c1)[C@@]1(CCS(=O)(=O)c2ccccc2)N=C(c2ccc(OCCCO)cc2)O[C@H]1c1ccc(-c2ccccc2)cc1. The molecule has 3 N–H and O–H groups in total. The molecule has 0 unspecified atom stereocenters. The third-order valence-corrected chi connectivity index (χ3v) is 13.2. The molecule has 1 aliphatic heterocycles. The average Bonchev–Trinajstić information content (AvgIpc) is 3.78. The number of amides is 1. The molecule has 1 heterocycles. The van der Waals surface area contributed by atoms with Gasteiger partial charge in [0.1, 0.15) is 19.0 Å². The van der Waals surface area contributed by atoms with Gasteiger partial charge in [0.2, 0.25) is 5.90 Å². The summed E-state index contributed by atoms with van der Waals surface area (Å²) >= 11 is 0. The van der Waals surface area contributed by atoms with Gasteiger partial charge in [0.25, 0.3) is 5.91 Å². The number of carbonyl (C=O) groups is 1. The van der Waals surface area contributed by atoms with Gasteiger partial charge in [-0.2, -0.15) is 0 Å². The Bertz CT molecular complexity index is 2810. The van der Waals surface area contributed by atoms with Crippen LogP contribution in [0, 0.1) is 0 Å². The van der Waals surface area contributed by atoms with Crippen LogP contribution in [0.3, 0.4) is 0 Å². The number of benzene rings is 7. The Kier molecular flexibility index (Phi) is 15.4. The molecule has 0 spiro atoms. The number of hydrogen-bond donors (Lipinski definition) is 3. The van der Waals surface area contributed by atoms with Crippen LogP contribution in [0.15, 0.2) is 198 Å². The Hall–Kier alpha value is -7.25. The highest BCUT2D eigenvalue weighted by Gasteiger charge is 2.53. The zero-order valence-electron chi connectivity index (χ0n) is 37.0. The molecule has 8 rings (SSSR count). The second kappa shape index (κ2) is 22.3. The molecule has 0 saturated heterocycles. The molecule has 12 heteroatoms. The fourth-order valence-corrected chi connectivity index (χ4v) is 9.14. The number of sulfone groups is 1. The van der Waals surface area contributed by atoms with E-state index in [1.54, 1.807) is 54.6 Å². The molecule has 0 radical (unpaired) electrons. The number of carbonyl (C=O) groups excluding carboxylic acids is 1. The summed E-state index contributed by atoms with van der Waals surface area (Å²) in [6, 6.07) is 58.6. The van der Waals surface area contributed by atoms with Crippen molar-refractivity contribution in [2.45, 2.75) is 49.0 Å². The number of aliphatic hydroxyl groups excluding tert-OH is 1. The molecule has 11 nitrogen and oxygen atoms in total. The van der Waals surface area contributed by atoms with Crippen LogP contribution in [-0.4, -0.2) is 56.4 Å². The lowest BCUT2D eigenvalue weighted by Crippen LogP contribution is -2.53. The van der Waals surface area contributed by atoms with Gasteiger partial charge in [-0.15, -0.1) is 0 Å². The van der Waals surface area contributed by atoms with Crippen LogP contribution in [-0.2, 0) is 39.0 Å². The molecule has 0 aliphatic carbocycles. The molecule has 0 saturated carbocycles. The highest BCUT2D eigenvalue weighted by molar-refractivity contribution is 7.91. The first-order valence-corrected chi connectivity index (χ1v) is 24.0. The summed E-state index contributed by atoms with van der Waals surface area (Å²) in [7, 11) is -3.86. The Morgan fingerprint density at radius 2 is 1.22 bits per heavy atom. The van der Waals surface area contributed by atoms with E-state index in [9.17, 15) is 18.3 Å². The predicted molar refractivity (Wildman–Crippen MR) is 260 cm³/mol. The maximum Gasteiger partial charge on any atom is 0.266 e. The molecule has 1 aliphatic rings. The summed E-state index contributed by atoms with van der Waals surface area (Å²) < 4.78 is 52.8. The predicted octanol–water partition coefficient (Wildman–Crippen LogP) is 9.26. The minimum atomic E-state index is -3.86. The number of hydrazine groups is 1. The zero-order valence-corrected chi connectivity index (χ0v) is 37.8. The first kappa shape index (κ1) is 46.3. The van der Waals surface area contributed by atoms with E-state index in [0.717, 1.165) is 27.8 Å². The summed E-state index contributed by atoms with van der Waals surface area (Å²) in [6.45, 7) is 1.40. The number of ether oxygens (including phenoxy) is 4. The van der Waals surface area contributed by atoms with E-state index in [1.165, 1.54) is 0 Å². The second-order valence-corrected chi connectivity index (χ2v) is 18.2. The van der Waals surface area contributed by atoms with Crippen molar-refractivity contribution in [3.05, 3.63) is 216 Å². The molecule has 0 bridgehead atoms. The third kappa shape index (κ3) is 12.0. The van der Waals surface area contributed by atoms with Crippen molar-refractivity contribution < 1.29 is 37.3 Å². The van der Waals surface area contributed by atoms with Gasteiger partial charge in [0, 0.05) is 31.6 Å². The molecule has 342 valence electrons. The highest BCUT2D eigenvalue weighted by atomic mass is 32.2. The lowest BCUT2D eigenvalue weighted by molar-refractivity contribution is -0.130. The molecule has 2 atom stereocenters.